The van der Waals surface area contributed by atoms with E-state index >= 15 is 0 Å². The van der Waals surface area contributed by atoms with Crippen molar-refractivity contribution in [3.05, 3.63) is 11.6 Å². The number of pyridine rings is 1. The molecule has 84 valence electrons. The van der Waals surface area contributed by atoms with Gasteiger partial charge in [0.1, 0.15) is 5.82 Å². The molecule has 6 nitrogen and oxygen atoms in total. The molecule has 0 saturated heterocycles. The molecule has 0 fully saturated rings. The number of alkyl halides is 2. The number of nitrogens with zero attached hydrogens (tertiary/aromatic N) is 1. The third-order valence-electron chi connectivity index (χ3n) is 1.58. The highest BCUT2D eigenvalue weighted by Gasteiger charge is 2.23. The Kier molecular flexibility index (Phi) is 2.77. The van der Waals surface area contributed by atoms with Crippen LogP contribution in [0.4, 0.5) is 20.3 Å². The van der Waals surface area contributed by atoms with Gasteiger partial charge in [-0.1, -0.05) is 0 Å². The summed E-state index contributed by atoms with van der Waals surface area (Å²) in [6.07, 6.45) is -3.05. The van der Waals surface area contributed by atoms with Crippen molar-refractivity contribution in [2.24, 2.45) is 5.14 Å². The molecule has 1 heterocycles. The van der Waals surface area contributed by atoms with Gasteiger partial charge in [0.2, 0.25) is 0 Å². The first kappa shape index (κ1) is 11.6. The normalized spacial score (nSPS) is 12.0. The Labute approximate surface area is 84.1 Å². The smallest absolute Gasteiger partial charge is 0.266 e. The first-order chi connectivity index (χ1) is 6.73. The molecular formula is C6H8F2N4O2S. The molecule has 9 heteroatoms. The lowest BCUT2D eigenvalue weighted by molar-refractivity contribution is 0.147. The summed E-state index contributed by atoms with van der Waals surface area (Å²) in [5.41, 5.74) is 9.32. The molecule has 6 N–H and O–H groups in total. The Bertz CT molecular complexity index is 488. The minimum atomic E-state index is -4.34. The van der Waals surface area contributed by atoms with Crippen LogP contribution in [0.3, 0.4) is 0 Å². The minimum Gasteiger partial charge on any atom is -0.396 e. The average Bonchev–Trinajstić information content (AvgIpc) is 2.06. The van der Waals surface area contributed by atoms with Gasteiger partial charge in [0.15, 0.2) is 5.03 Å². The van der Waals surface area contributed by atoms with Crippen molar-refractivity contribution in [2.45, 2.75) is 11.5 Å². The number of anilines is 2. The van der Waals surface area contributed by atoms with E-state index in [1.54, 1.807) is 0 Å². The van der Waals surface area contributed by atoms with Crippen molar-refractivity contribution in [1.29, 1.82) is 0 Å². The molecule has 0 unspecified atom stereocenters. The number of rotatable bonds is 2. The maximum Gasteiger partial charge on any atom is 0.266 e. The van der Waals surface area contributed by atoms with Crippen LogP contribution < -0.4 is 16.6 Å². The van der Waals surface area contributed by atoms with Gasteiger partial charge in [-0.2, -0.15) is 0 Å². The SMILES string of the molecule is Nc1cc(C(F)F)c(S(N)(=O)=O)nc1N. The maximum atomic E-state index is 12.4. The molecule has 1 rings (SSSR count). The van der Waals surface area contributed by atoms with E-state index in [2.05, 4.69) is 4.98 Å². The van der Waals surface area contributed by atoms with Crippen LogP contribution in [-0.4, -0.2) is 13.4 Å². The third kappa shape index (κ3) is 2.30. The van der Waals surface area contributed by atoms with E-state index < -0.39 is 27.0 Å². The summed E-state index contributed by atoms with van der Waals surface area (Å²) < 4.78 is 46.6. The molecule has 0 aliphatic carbocycles. The van der Waals surface area contributed by atoms with Gasteiger partial charge in [0.25, 0.3) is 16.4 Å². The van der Waals surface area contributed by atoms with Crippen molar-refractivity contribution in [2.75, 3.05) is 11.5 Å². The second-order valence-corrected chi connectivity index (χ2v) is 4.18. The Morgan fingerprint density at radius 3 is 2.27 bits per heavy atom. The summed E-state index contributed by atoms with van der Waals surface area (Å²) >= 11 is 0. The fourth-order valence-electron chi connectivity index (χ4n) is 0.926. The highest BCUT2D eigenvalue weighted by molar-refractivity contribution is 7.89. The summed E-state index contributed by atoms with van der Waals surface area (Å²) in [4.78, 5) is 3.22. The summed E-state index contributed by atoms with van der Waals surface area (Å²) in [5, 5.41) is 3.74. The van der Waals surface area contributed by atoms with E-state index in [1.165, 1.54) is 0 Å². The molecule has 0 bridgehead atoms. The molecule has 0 aliphatic heterocycles. The third-order valence-corrected chi connectivity index (χ3v) is 2.45. The molecule has 0 spiro atoms. The number of nitrogens with two attached hydrogens (primary N) is 3. The van der Waals surface area contributed by atoms with E-state index in [0.29, 0.717) is 0 Å². The number of hydrogen-bond acceptors (Lipinski definition) is 5. The topological polar surface area (TPSA) is 125 Å². The Balaban J connectivity index is 3.56. The summed E-state index contributed by atoms with van der Waals surface area (Å²) in [6, 6.07) is 0.743. The van der Waals surface area contributed by atoms with E-state index in [-0.39, 0.29) is 11.5 Å². The summed E-state index contributed by atoms with van der Waals surface area (Å²) in [7, 11) is -4.34. The Morgan fingerprint density at radius 1 is 1.33 bits per heavy atom. The predicted molar refractivity (Wildman–Crippen MR) is 49.4 cm³/mol. The first-order valence-electron chi connectivity index (χ1n) is 3.60. The standard InChI is InChI=1S/C6H8F2N4O2S/c7-4(8)2-1-3(9)5(10)12-6(2)15(11,13)14/h1,4H,9H2,(H2,10,12)(H2,11,13,14). The number of primary sulfonamides is 1. The number of halogens is 2. The lowest BCUT2D eigenvalue weighted by atomic mass is 10.2. The van der Waals surface area contributed by atoms with Crippen LogP contribution in [0.1, 0.15) is 12.0 Å². The van der Waals surface area contributed by atoms with Crippen LogP contribution in [0.15, 0.2) is 11.1 Å². The number of aromatic nitrogens is 1. The van der Waals surface area contributed by atoms with Crippen LogP contribution in [-0.2, 0) is 10.0 Å². The molecule has 0 aliphatic rings. The lowest BCUT2D eigenvalue weighted by Gasteiger charge is -2.08. The van der Waals surface area contributed by atoms with Crippen molar-refractivity contribution in [3.8, 4) is 0 Å². The molecule has 0 atom stereocenters. The predicted octanol–water partition coefficient (Wildman–Crippen LogP) is -0.169. The van der Waals surface area contributed by atoms with Crippen molar-refractivity contribution < 1.29 is 17.2 Å². The summed E-state index contributed by atoms with van der Waals surface area (Å²) in [6.45, 7) is 0. The highest BCUT2D eigenvalue weighted by Crippen LogP contribution is 2.28. The monoisotopic (exact) mass is 238 g/mol. The van der Waals surface area contributed by atoms with Crippen LogP contribution >= 0.6 is 0 Å². The van der Waals surface area contributed by atoms with Crippen molar-refractivity contribution in [3.63, 3.8) is 0 Å². The van der Waals surface area contributed by atoms with Crippen LogP contribution in [0.5, 0.6) is 0 Å². The van der Waals surface area contributed by atoms with E-state index in [0.717, 1.165) is 6.07 Å². The van der Waals surface area contributed by atoms with E-state index in [9.17, 15) is 17.2 Å². The van der Waals surface area contributed by atoms with Crippen molar-refractivity contribution in [1.82, 2.24) is 4.98 Å². The highest BCUT2D eigenvalue weighted by atomic mass is 32.2. The quantitative estimate of drug-likeness (QED) is 0.659. The van der Waals surface area contributed by atoms with E-state index in [4.69, 9.17) is 16.6 Å². The zero-order valence-electron chi connectivity index (χ0n) is 7.31. The van der Waals surface area contributed by atoms with Crippen molar-refractivity contribution >= 4 is 21.5 Å². The summed E-state index contributed by atoms with van der Waals surface area (Å²) in [5.74, 6) is -0.358. The second kappa shape index (κ2) is 3.59. The fraction of sp³-hybridized carbons (Fsp3) is 0.167. The second-order valence-electron chi connectivity index (χ2n) is 2.70. The van der Waals surface area contributed by atoms with Gasteiger partial charge >= 0.3 is 0 Å². The molecule has 1 aromatic heterocycles. The lowest BCUT2D eigenvalue weighted by Crippen LogP contribution is -2.18. The molecule has 0 amide bonds. The Morgan fingerprint density at radius 2 is 1.87 bits per heavy atom. The zero-order valence-corrected chi connectivity index (χ0v) is 8.13. The van der Waals surface area contributed by atoms with Gasteiger partial charge in [-0.15, -0.1) is 0 Å². The number of sulfonamides is 1. The molecule has 0 radical (unpaired) electrons. The maximum absolute atomic E-state index is 12.4. The molecule has 1 aromatic rings. The molecule has 0 saturated carbocycles. The Hall–Kier alpha value is -1.48. The van der Waals surface area contributed by atoms with Gasteiger partial charge in [-0.25, -0.2) is 27.3 Å². The van der Waals surface area contributed by atoms with E-state index in [1.807, 2.05) is 0 Å². The molecule has 15 heavy (non-hydrogen) atoms. The van der Waals surface area contributed by atoms with Gasteiger partial charge in [-0.05, 0) is 6.07 Å². The van der Waals surface area contributed by atoms with Gasteiger partial charge in [-0.3, -0.25) is 0 Å². The fourth-order valence-corrected chi connectivity index (χ4v) is 1.63. The zero-order chi connectivity index (χ0) is 11.8. The van der Waals surface area contributed by atoms with Crippen LogP contribution in [0.25, 0.3) is 0 Å². The largest absolute Gasteiger partial charge is 0.396 e. The van der Waals surface area contributed by atoms with Crippen LogP contribution in [0, 0.1) is 0 Å². The minimum absolute atomic E-state index is 0.224. The number of nitrogen functional groups attached to an aromatic ring is 2. The number of hydrogen-bond donors (Lipinski definition) is 3. The average molecular weight is 238 g/mol. The molecular weight excluding hydrogens is 230 g/mol. The molecule has 0 aromatic carbocycles. The van der Waals surface area contributed by atoms with Crippen LogP contribution in [0.2, 0.25) is 0 Å². The first-order valence-corrected chi connectivity index (χ1v) is 5.15. The van der Waals surface area contributed by atoms with Gasteiger partial charge in [0.05, 0.1) is 11.3 Å². The van der Waals surface area contributed by atoms with Gasteiger partial charge < -0.3 is 11.5 Å². The van der Waals surface area contributed by atoms with Gasteiger partial charge in [0, 0.05) is 0 Å².